The monoisotopic (exact) mass is 239 g/mol. The second-order valence-corrected chi connectivity index (χ2v) is 4.99. The molecule has 0 radical (unpaired) electrons. The SMILES string of the molecule is Cc1cc(C)cc(CNC(C)CCCCl)c1. The number of nitrogens with one attached hydrogen (secondary N) is 1. The second-order valence-electron chi connectivity index (χ2n) is 4.61. The Hall–Kier alpha value is -0.530. The third-order valence-electron chi connectivity index (χ3n) is 2.71. The molecule has 90 valence electrons. The van der Waals surface area contributed by atoms with Gasteiger partial charge in [-0.25, -0.2) is 0 Å². The van der Waals surface area contributed by atoms with E-state index in [9.17, 15) is 0 Å². The van der Waals surface area contributed by atoms with Gasteiger partial charge in [0.25, 0.3) is 0 Å². The summed E-state index contributed by atoms with van der Waals surface area (Å²) < 4.78 is 0. The van der Waals surface area contributed by atoms with Crippen molar-refractivity contribution in [1.82, 2.24) is 5.32 Å². The summed E-state index contributed by atoms with van der Waals surface area (Å²) in [4.78, 5) is 0. The van der Waals surface area contributed by atoms with Crippen molar-refractivity contribution >= 4 is 11.6 Å². The maximum absolute atomic E-state index is 5.68. The van der Waals surface area contributed by atoms with E-state index in [4.69, 9.17) is 11.6 Å². The first-order valence-electron chi connectivity index (χ1n) is 5.98. The molecule has 16 heavy (non-hydrogen) atoms. The molecule has 0 saturated heterocycles. The summed E-state index contributed by atoms with van der Waals surface area (Å²) in [5, 5.41) is 3.53. The molecule has 0 saturated carbocycles. The molecular weight excluding hydrogens is 218 g/mol. The van der Waals surface area contributed by atoms with Crippen molar-refractivity contribution in [2.75, 3.05) is 5.88 Å². The number of aryl methyl sites for hydroxylation is 2. The average Bonchev–Trinajstić information content (AvgIpc) is 2.22. The molecule has 0 amide bonds. The van der Waals surface area contributed by atoms with Crippen LogP contribution in [0.3, 0.4) is 0 Å². The van der Waals surface area contributed by atoms with Gasteiger partial charge in [-0.05, 0) is 39.2 Å². The fourth-order valence-electron chi connectivity index (χ4n) is 1.95. The average molecular weight is 240 g/mol. The zero-order valence-electron chi connectivity index (χ0n) is 10.5. The highest BCUT2D eigenvalue weighted by molar-refractivity contribution is 6.17. The molecule has 1 aromatic carbocycles. The number of benzene rings is 1. The molecule has 0 aliphatic heterocycles. The number of hydrogen-bond donors (Lipinski definition) is 1. The van der Waals surface area contributed by atoms with Crippen molar-refractivity contribution in [2.24, 2.45) is 0 Å². The van der Waals surface area contributed by atoms with Gasteiger partial charge in [0.1, 0.15) is 0 Å². The summed E-state index contributed by atoms with van der Waals surface area (Å²) in [6.07, 6.45) is 2.23. The van der Waals surface area contributed by atoms with Crippen LogP contribution in [0.1, 0.15) is 36.5 Å². The zero-order chi connectivity index (χ0) is 12.0. The fraction of sp³-hybridized carbons (Fsp3) is 0.571. The van der Waals surface area contributed by atoms with Crippen LogP contribution in [-0.4, -0.2) is 11.9 Å². The van der Waals surface area contributed by atoms with Crippen LogP contribution in [0.2, 0.25) is 0 Å². The summed E-state index contributed by atoms with van der Waals surface area (Å²) in [7, 11) is 0. The largest absolute Gasteiger partial charge is 0.310 e. The Balaban J connectivity index is 2.41. The summed E-state index contributed by atoms with van der Waals surface area (Å²) in [5.74, 6) is 0.759. The van der Waals surface area contributed by atoms with Gasteiger partial charge in [0, 0.05) is 18.5 Å². The Bertz CT molecular complexity index is 302. The van der Waals surface area contributed by atoms with E-state index in [1.165, 1.54) is 16.7 Å². The Morgan fingerprint density at radius 3 is 2.38 bits per heavy atom. The third kappa shape index (κ3) is 5.00. The quantitative estimate of drug-likeness (QED) is 0.745. The van der Waals surface area contributed by atoms with Crippen molar-refractivity contribution < 1.29 is 0 Å². The molecule has 1 rings (SSSR count). The molecule has 0 spiro atoms. The first kappa shape index (κ1) is 13.5. The Kier molecular flexibility index (Phi) is 5.86. The Morgan fingerprint density at radius 1 is 1.19 bits per heavy atom. The standard InChI is InChI=1S/C14H22ClN/c1-11-7-12(2)9-14(8-11)10-16-13(3)5-4-6-15/h7-9,13,16H,4-6,10H2,1-3H3. The summed E-state index contributed by atoms with van der Waals surface area (Å²) in [5.41, 5.74) is 4.05. The molecule has 0 aromatic heterocycles. The van der Waals surface area contributed by atoms with Gasteiger partial charge in [-0.1, -0.05) is 29.3 Å². The summed E-state index contributed by atoms with van der Waals surface area (Å²) in [6.45, 7) is 7.46. The fourth-order valence-corrected chi connectivity index (χ4v) is 2.10. The van der Waals surface area contributed by atoms with E-state index in [1.54, 1.807) is 0 Å². The predicted molar refractivity (Wildman–Crippen MR) is 72.2 cm³/mol. The van der Waals surface area contributed by atoms with Crippen LogP contribution in [0.15, 0.2) is 18.2 Å². The van der Waals surface area contributed by atoms with E-state index in [1.807, 2.05) is 0 Å². The number of alkyl halides is 1. The minimum atomic E-state index is 0.541. The van der Waals surface area contributed by atoms with Crippen LogP contribution in [-0.2, 0) is 6.54 Å². The molecule has 0 aliphatic carbocycles. The minimum absolute atomic E-state index is 0.541. The molecule has 0 aliphatic rings. The predicted octanol–water partition coefficient (Wildman–Crippen LogP) is 3.80. The number of hydrogen-bond acceptors (Lipinski definition) is 1. The van der Waals surface area contributed by atoms with Gasteiger partial charge >= 0.3 is 0 Å². The first-order valence-corrected chi connectivity index (χ1v) is 6.52. The third-order valence-corrected chi connectivity index (χ3v) is 2.97. The van der Waals surface area contributed by atoms with Gasteiger partial charge in [0.15, 0.2) is 0 Å². The van der Waals surface area contributed by atoms with Crippen LogP contribution in [0.5, 0.6) is 0 Å². The van der Waals surface area contributed by atoms with Crippen molar-refractivity contribution in [2.45, 2.75) is 46.2 Å². The van der Waals surface area contributed by atoms with Gasteiger partial charge < -0.3 is 5.32 Å². The minimum Gasteiger partial charge on any atom is -0.310 e. The van der Waals surface area contributed by atoms with Crippen molar-refractivity contribution in [3.05, 3.63) is 34.9 Å². The highest BCUT2D eigenvalue weighted by Crippen LogP contribution is 2.09. The smallest absolute Gasteiger partial charge is 0.0224 e. The van der Waals surface area contributed by atoms with Gasteiger partial charge in [0.05, 0.1) is 0 Å². The molecule has 2 heteroatoms. The lowest BCUT2D eigenvalue weighted by Gasteiger charge is -2.13. The lowest BCUT2D eigenvalue weighted by molar-refractivity contribution is 0.509. The van der Waals surface area contributed by atoms with Crippen molar-refractivity contribution in [3.8, 4) is 0 Å². The first-order chi connectivity index (χ1) is 7.61. The molecule has 1 atom stereocenters. The lowest BCUT2D eigenvalue weighted by Crippen LogP contribution is -2.25. The normalized spacial score (nSPS) is 12.8. The van der Waals surface area contributed by atoms with Crippen LogP contribution in [0.25, 0.3) is 0 Å². The maximum Gasteiger partial charge on any atom is 0.0224 e. The summed E-state index contributed by atoms with van der Waals surface area (Å²) in [6, 6.07) is 7.24. The van der Waals surface area contributed by atoms with Crippen LogP contribution in [0.4, 0.5) is 0 Å². The number of halogens is 1. The van der Waals surface area contributed by atoms with E-state index in [0.717, 1.165) is 25.3 Å². The highest BCUT2D eigenvalue weighted by atomic mass is 35.5. The topological polar surface area (TPSA) is 12.0 Å². The van der Waals surface area contributed by atoms with Crippen LogP contribution < -0.4 is 5.32 Å². The van der Waals surface area contributed by atoms with Crippen molar-refractivity contribution in [3.63, 3.8) is 0 Å². The van der Waals surface area contributed by atoms with Gasteiger partial charge in [-0.3, -0.25) is 0 Å². The van der Waals surface area contributed by atoms with E-state index in [2.05, 4.69) is 44.3 Å². The molecule has 1 N–H and O–H groups in total. The molecular formula is C14H22ClN. The molecule has 0 bridgehead atoms. The van der Waals surface area contributed by atoms with E-state index in [0.29, 0.717) is 6.04 Å². The Morgan fingerprint density at radius 2 is 1.81 bits per heavy atom. The molecule has 1 unspecified atom stereocenters. The molecule has 0 heterocycles. The zero-order valence-corrected chi connectivity index (χ0v) is 11.3. The van der Waals surface area contributed by atoms with Crippen LogP contribution >= 0.6 is 11.6 Å². The number of rotatable bonds is 6. The second kappa shape index (κ2) is 6.93. The molecule has 1 nitrogen and oxygen atoms in total. The molecule has 1 aromatic rings. The molecule has 0 fully saturated rings. The van der Waals surface area contributed by atoms with Crippen molar-refractivity contribution in [1.29, 1.82) is 0 Å². The van der Waals surface area contributed by atoms with Gasteiger partial charge in [-0.15, -0.1) is 11.6 Å². The van der Waals surface area contributed by atoms with Gasteiger partial charge in [0.2, 0.25) is 0 Å². The van der Waals surface area contributed by atoms with Crippen LogP contribution in [0, 0.1) is 13.8 Å². The van der Waals surface area contributed by atoms with E-state index < -0.39 is 0 Å². The Labute approximate surface area is 104 Å². The summed E-state index contributed by atoms with van der Waals surface area (Å²) >= 11 is 5.68. The lowest BCUT2D eigenvalue weighted by atomic mass is 10.1. The highest BCUT2D eigenvalue weighted by Gasteiger charge is 2.01. The van der Waals surface area contributed by atoms with Gasteiger partial charge in [-0.2, -0.15) is 0 Å². The maximum atomic E-state index is 5.68. The van der Waals surface area contributed by atoms with E-state index in [-0.39, 0.29) is 0 Å². The van der Waals surface area contributed by atoms with E-state index >= 15 is 0 Å².